The number of fused-ring (bicyclic) bond motifs is 5. The Morgan fingerprint density at radius 2 is 2.02 bits per heavy atom. The quantitative estimate of drug-likeness (QED) is 0.383. The average molecular weight is 571 g/mol. The third-order valence-corrected chi connectivity index (χ3v) is 9.90. The maximum Gasteiger partial charge on any atom is 0.327 e. The minimum Gasteiger partial charge on any atom is -0.328 e. The molecule has 41 heavy (non-hydrogen) atoms. The number of aromatic amines is 1. The number of H-pyrrole nitrogens is 1. The molecule has 0 bridgehead atoms. The normalized spacial score (nSPS) is 20.9. The van der Waals surface area contributed by atoms with Gasteiger partial charge in [0.1, 0.15) is 5.82 Å². The van der Waals surface area contributed by atoms with Crippen molar-refractivity contribution in [2.24, 2.45) is 4.99 Å². The molecule has 8 rings (SSSR count). The molecule has 0 spiro atoms. The lowest BCUT2D eigenvalue weighted by atomic mass is 9.94. The zero-order valence-electron chi connectivity index (χ0n) is 22.9. The van der Waals surface area contributed by atoms with Crippen LogP contribution in [0.5, 0.6) is 0 Å². The van der Waals surface area contributed by atoms with E-state index in [1.54, 1.807) is 10.8 Å². The Hall–Kier alpha value is -3.92. The first-order valence-electron chi connectivity index (χ1n) is 14.4. The number of aliphatic imine (C=N–C) groups is 1. The highest BCUT2D eigenvalue weighted by Gasteiger charge is 2.44. The van der Waals surface area contributed by atoms with Crippen LogP contribution >= 0.6 is 11.6 Å². The minimum atomic E-state index is -0.285. The number of urea groups is 1. The molecule has 2 fully saturated rings. The van der Waals surface area contributed by atoms with E-state index in [0.717, 1.165) is 45.9 Å². The Bertz CT molecular complexity index is 1800. The maximum absolute atomic E-state index is 13.7. The molecule has 1 atom stereocenters. The Kier molecular flexibility index (Phi) is 5.48. The van der Waals surface area contributed by atoms with Crippen LogP contribution < -0.4 is 11.0 Å². The molecule has 3 aliphatic heterocycles. The van der Waals surface area contributed by atoms with Crippen molar-refractivity contribution in [2.75, 3.05) is 13.1 Å². The van der Waals surface area contributed by atoms with Gasteiger partial charge in [-0.3, -0.25) is 14.5 Å². The number of carbonyl (C=O) groups excluding carboxylic acids is 1. The third kappa shape index (κ3) is 3.94. The van der Waals surface area contributed by atoms with Crippen molar-refractivity contribution in [3.8, 4) is 0 Å². The van der Waals surface area contributed by atoms with Crippen molar-refractivity contribution in [1.82, 2.24) is 34.3 Å². The topological polar surface area (TPSA) is 113 Å². The van der Waals surface area contributed by atoms with E-state index in [4.69, 9.17) is 16.6 Å². The number of carbonyl (C=O) groups is 1. The highest BCUT2D eigenvalue weighted by Crippen LogP contribution is 2.49. The van der Waals surface area contributed by atoms with Crippen LogP contribution in [-0.4, -0.2) is 54.3 Å². The number of hydrogen-bond acceptors (Lipinski definition) is 5. The number of hydrogen-bond donors (Lipinski definition) is 2. The molecular weight excluding hydrogens is 540 g/mol. The maximum atomic E-state index is 13.7. The number of nitrogens with one attached hydrogen (secondary N) is 2. The molecule has 6 heterocycles. The molecule has 0 unspecified atom stereocenters. The van der Waals surface area contributed by atoms with Crippen molar-refractivity contribution in [3.63, 3.8) is 0 Å². The van der Waals surface area contributed by atoms with Crippen molar-refractivity contribution >= 4 is 35.0 Å². The van der Waals surface area contributed by atoms with E-state index < -0.39 is 0 Å². The first kappa shape index (κ1) is 24.8. The number of amides is 2. The summed E-state index contributed by atoms with van der Waals surface area (Å²) >= 11 is 6.71. The summed E-state index contributed by atoms with van der Waals surface area (Å²) in [5.41, 5.74) is 7.18. The Labute approximate surface area is 241 Å². The van der Waals surface area contributed by atoms with Crippen LogP contribution in [0.1, 0.15) is 78.5 Å². The summed E-state index contributed by atoms with van der Waals surface area (Å²) in [6, 6.07) is 5.44. The minimum absolute atomic E-state index is 0.0147. The van der Waals surface area contributed by atoms with Gasteiger partial charge in [0.2, 0.25) is 0 Å². The van der Waals surface area contributed by atoms with Gasteiger partial charge in [-0.15, -0.1) is 0 Å². The fourth-order valence-corrected chi connectivity index (χ4v) is 7.25. The molecule has 210 valence electrons. The molecule has 1 saturated carbocycles. The molecule has 11 heteroatoms. The molecule has 2 amide bonds. The van der Waals surface area contributed by atoms with Gasteiger partial charge in [0.15, 0.2) is 5.65 Å². The lowest BCUT2D eigenvalue weighted by Gasteiger charge is -2.33. The van der Waals surface area contributed by atoms with Gasteiger partial charge in [0.25, 0.3) is 0 Å². The van der Waals surface area contributed by atoms with E-state index in [1.165, 1.54) is 11.3 Å². The number of pyridine rings is 1. The lowest BCUT2D eigenvalue weighted by Crippen LogP contribution is -2.47. The summed E-state index contributed by atoms with van der Waals surface area (Å²) in [5.74, 6) is 0.894. The Balaban J connectivity index is 1.06. The number of benzene rings is 1. The van der Waals surface area contributed by atoms with Crippen molar-refractivity contribution in [3.05, 3.63) is 79.9 Å². The molecule has 4 aromatic rings. The smallest absolute Gasteiger partial charge is 0.327 e. The predicted molar refractivity (Wildman–Crippen MR) is 156 cm³/mol. The van der Waals surface area contributed by atoms with E-state index in [2.05, 4.69) is 37.8 Å². The summed E-state index contributed by atoms with van der Waals surface area (Å²) < 4.78 is 4.12. The molecule has 0 radical (unpaired) electrons. The van der Waals surface area contributed by atoms with Crippen LogP contribution in [0, 0.1) is 0 Å². The van der Waals surface area contributed by atoms with Gasteiger partial charge in [0, 0.05) is 71.4 Å². The first-order chi connectivity index (χ1) is 19.9. The van der Waals surface area contributed by atoms with E-state index in [1.807, 2.05) is 29.4 Å². The number of rotatable bonds is 3. The molecule has 2 N–H and O–H groups in total. The summed E-state index contributed by atoms with van der Waals surface area (Å²) in [7, 11) is 0. The fraction of sp³-hybridized carbons (Fsp3) is 0.433. The number of imidazole rings is 2. The van der Waals surface area contributed by atoms with Crippen LogP contribution in [0.4, 0.5) is 4.79 Å². The van der Waals surface area contributed by atoms with Gasteiger partial charge < -0.3 is 14.8 Å². The second-order valence-electron chi connectivity index (χ2n) is 12.1. The molecule has 1 aliphatic carbocycles. The number of aromatic nitrogens is 5. The van der Waals surface area contributed by atoms with E-state index in [-0.39, 0.29) is 29.2 Å². The average Bonchev–Trinajstić information content (AvgIpc) is 3.30. The van der Waals surface area contributed by atoms with Crippen LogP contribution in [0.15, 0.2) is 40.4 Å². The summed E-state index contributed by atoms with van der Waals surface area (Å²) in [6.45, 7) is 4.73. The van der Waals surface area contributed by atoms with Gasteiger partial charge in [0.05, 0.1) is 24.6 Å². The van der Waals surface area contributed by atoms with Crippen LogP contribution in [0.3, 0.4) is 0 Å². The van der Waals surface area contributed by atoms with Gasteiger partial charge in [-0.2, -0.15) is 0 Å². The molecule has 10 nitrogen and oxygen atoms in total. The van der Waals surface area contributed by atoms with Crippen molar-refractivity contribution < 1.29 is 4.79 Å². The van der Waals surface area contributed by atoms with Crippen molar-refractivity contribution in [1.29, 1.82) is 0 Å². The van der Waals surface area contributed by atoms with Crippen LogP contribution in [0.2, 0.25) is 5.02 Å². The summed E-state index contributed by atoms with van der Waals surface area (Å²) in [4.78, 5) is 44.8. The molecule has 4 aliphatic rings. The molecular formula is C30H31ClN8O2. The van der Waals surface area contributed by atoms with E-state index in [9.17, 15) is 9.59 Å². The molecule has 1 saturated heterocycles. The van der Waals surface area contributed by atoms with Crippen LogP contribution in [0.25, 0.3) is 11.2 Å². The SMILES string of the molecule is CC1(c2cnc3n2Cc2c(cc(Cl)c4c2C=NC4)C[C@H]3NC(=O)N2CCC(n3c(=O)[nH]c4ncccc43)CC2)CC1. The van der Waals surface area contributed by atoms with Gasteiger partial charge in [-0.25, -0.2) is 19.6 Å². The van der Waals surface area contributed by atoms with Crippen molar-refractivity contribution in [2.45, 2.75) is 69.6 Å². The van der Waals surface area contributed by atoms with Gasteiger partial charge in [-0.05, 0) is 55.0 Å². The monoisotopic (exact) mass is 570 g/mol. The highest BCUT2D eigenvalue weighted by atomic mass is 35.5. The summed E-state index contributed by atoms with van der Waals surface area (Å²) in [5, 5.41) is 4.07. The second-order valence-corrected chi connectivity index (χ2v) is 12.5. The highest BCUT2D eigenvalue weighted by molar-refractivity contribution is 6.32. The fourth-order valence-electron chi connectivity index (χ4n) is 6.96. The number of halogens is 1. The molecule has 3 aromatic heterocycles. The molecule has 1 aromatic carbocycles. The largest absolute Gasteiger partial charge is 0.328 e. The zero-order chi connectivity index (χ0) is 27.9. The van der Waals surface area contributed by atoms with Gasteiger partial charge >= 0.3 is 11.7 Å². The Morgan fingerprint density at radius 3 is 2.83 bits per heavy atom. The van der Waals surface area contributed by atoms with E-state index in [0.29, 0.717) is 51.1 Å². The third-order valence-electron chi connectivity index (χ3n) is 9.56. The number of nitrogens with zero attached hydrogens (tertiary/aromatic N) is 6. The standard InChI is InChI=1S/C30H31ClN8O2/c1-30(6-7-30)25-15-34-27-23(12-17-11-22(31)20-14-32-13-19(20)21(17)16-38(25)27)35-28(40)37-9-4-18(5-10-37)39-24-3-2-8-33-26(24)36-29(39)41/h2-3,8,11,13,15,18,23H,4-7,9-10,12,14,16H2,1H3,(H,35,40)(H,33,36,41)/t23-/m1/s1. The first-order valence-corrected chi connectivity index (χ1v) is 14.8. The predicted octanol–water partition coefficient (Wildman–Crippen LogP) is 4.25. The second kappa shape index (κ2) is 9.04. The zero-order valence-corrected chi connectivity index (χ0v) is 23.6. The lowest BCUT2D eigenvalue weighted by molar-refractivity contribution is 0.168. The summed E-state index contributed by atoms with van der Waals surface area (Å²) in [6.07, 6.45) is 9.93. The Morgan fingerprint density at radius 1 is 1.20 bits per heavy atom. The van der Waals surface area contributed by atoms with E-state index >= 15 is 0 Å². The number of piperidine rings is 1. The number of likely N-dealkylation sites (tertiary alicyclic amines) is 1. The van der Waals surface area contributed by atoms with Gasteiger partial charge in [-0.1, -0.05) is 18.5 Å². The van der Waals surface area contributed by atoms with Crippen LogP contribution in [-0.2, 0) is 24.9 Å².